The summed E-state index contributed by atoms with van der Waals surface area (Å²) in [6, 6.07) is 5.84. The first-order chi connectivity index (χ1) is 16.1. The van der Waals surface area contributed by atoms with Gasteiger partial charge in [-0.05, 0) is 73.0 Å². The molecule has 0 unspecified atom stereocenters. The molecule has 190 valence electrons. The number of hydrogen-bond acceptors (Lipinski definition) is 5. The van der Waals surface area contributed by atoms with Crippen LogP contribution in [-0.4, -0.2) is 49.8 Å². The number of aliphatic hydroxyl groups excluding tert-OH is 1. The monoisotopic (exact) mass is 474 g/mol. The van der Waals surface area contributed by atoms with Crippen molar-refractivity contribution < 1.29 is 24.2 Å². The molecule has 0 aliphatic heterocycles. The van der Waals surface area contributed by atoms with Crippen LogP contribution < -0.4 is 20.1 Å². The van der Waals surface area contributed by atoms with Gasteiger partial charge in [0.05, 0.1) is 20.3 Å². The van der Waals surface area contributed by atoms with Gasteiger partial charge in [0, 0.05) is 25.4 Å². The van der Waals surface area contributed by atoms with Crippen molar-refractivity contribution in [3.05, 3.63) is 23.8 Å². The number of benzene rings is 1. The lowest BCUT2D eigenvalue weighted by Crippen LogP contribution is -2.58. The van der Waals surface area contributed by atoms with E-state index in [1.165, 1.54) is 0 Å². The Morgan fingerprint density at radius 3 is 2.50 bits per heavy atom. The normalized spacial score (nSPS) is 31.7. The Bertz CT molecular complexity index is 875. The molecule has 2 aliphatic rings. The molecule has 0 heterocycles. The van der Waals surface area contributed by atoms with E-state index in [0.717, 1.165) is 31.2 Å². The molecule has 34 heavy (non-hydrogen) atoms. The quantitative estimate of drug-likeness (QED) is 0.537. The minimum absolute atomic E-state index is 0.0185. The molecule has 2 fully saturated rings. The Kier molecular flexibility index (Phi) is 8.50. The first kappa shape index (κ1) is 26.3. The van der Waals surface area contributed by atoms with Crippen LogP contribution in [0.3, 0.4) is 0 Å². The van der Waals surface area contributed by atoms with Gasteiger partial charge >= 0.3 is 0 Å². The van der Waals surface area contributed by atoms with Crippen LogP contribution >= 0.6 is 0 Å². The number of rotatable bonds is 8. The number of amides is 2. The maximum absolute atomic E-state index is 13.0. The highest BCUT2D eigenvalue weighted by Gasteiger charge is 2.53. The average molecular weight is 475 g/mol. The van der Waals surface area contributed by atoms with Crippen LogP contribution in [0.4, 0.5) is 0 Å². The summed E-state index contributed by atoms with van der Waals surface area (Å²) in [6.45, 7) is 8.41. The maximum Gasteiger partial charge on any atom is 0.223 e. The predicted molar refractivity (Wildman–Crippen MR) is 132 cm³/mol. The molecule has 3 N–H and O–H groups in total. The van der Waals surface area contributed by atoms with Gasteiger partial charge in [-0.25, -0.2) is 0 Å². The number of methoxy groups -OCH3 is 2. The number of aliphatic hydroxyl groups is 1. The summed E-state index contributed by atoms with van der Waals surface area (Å²) in [5.74, 6) is 1.18. The standard InChI is InChI=1S/C27H42N2O5/c1-16(26(32)28-14-11-19-7-8-22(33-5)23(15-19)34-6)20-9-12-27(4)13-10-21(29-18(3)30)17(2)24(27)25(20)31/h7-8,15-17,20-21,24-25,31H,9-14H2,1-6H3,(H,28,32)(H,29,30)/t16-,17-,20+,21-,24+,25-,27+/m0/s1. The van der Waals surface area contributed by atoms with Crippen LogP contribution in [0.1, 0.15) is 58.9 Å². The molecule has 3 rings (SSSR count). The van der Waals surface area contributed by atoms with Crippen molar-refractivity contribution in [2.24, 2.45) is 29.1 Å². The molecule has 2 saturated carbocycles. The molecule has 2 amide bonds. The third-order valence-corrected chi connectivity index (χ3v) is 8.49. The predicted octanol–water partition coefficient (Wildman–Crippen LogP) is 3.33. The Morgan fingerprint density at radius 1 is 1.18 bits per heavy atom. The first-order valence-corrected chi connectivity index (χ1v) is 12.5. The summed E-state index contributed by atoms with van der Waals surface area (Å²) in [5, 5.41) is 17.6. The molecule has 2 aliphatic carbocycles. The van der Waals surface area contributed by atoms with E-state index in [0.29, 0.717) is 24.5 Å². The molecular formula is C27H42N2O5. The molecule has 0 spiro atoms. The average Bonchev–Trinajstić information content (AvgIpc) is 2.80. The highest BCUT2D eigenvalue weighted by atomic mass is 16.5. The molecule has 7 nitrogen and oxygen atoms in total. The second-order valence-electron chi connectivity index (χ2n) is 10.6. The van der Waals surface area contributed by atoms with Crippen LogP contribution in [0.25, 0.3) is 0 Å². The zero-order valence-corrected chi connectivity index (χ0v) is 21.5. The first-order valence-electron chi connectivity index (χ1n) is 12.5. The van der Waals surface area contributed by atoms with Gasteiger partial charge in [0.2, 0.25) is 11.8 Å². The van der Waals surface area contributed by atoms with Gasteiger partial charge < -0.3 is 25.2 Å². The molecule has 0 radical (unpaired) electrons. The highest BCUT2D eigenvalue weighted by Crippen LogP contribution is 2.55. The fourth-order valence-electron chi connectivity index (χ4n) is 6.48. The van der Waals surface area contributed by atoms with Crippen molar-refractivity contribution in [3.8, 4) is 11.5 Å². The Balaban J connectivity index is 1.60. The number of carbonyl (C=O) groups excluding carboxylic acids is 2. The topological polar surface area (TPSA) is 96.9 Å². The van der Waals surface area contributed by atoms with Crippen LogP contribution in [0, 0.1) is 29.1 Å². The minimum atomic E-state index is -0.558. The van der Waals surface area contributed by atoms with Gasteiger partial charge in [0.15, 0.2) is 11.5 Å². The SMILES string of the molecule is COc1ccc(CCNC(=O)[C@@H](C)[C@H]2CC[C@]3(C)CC[C@H](NC(C)=O)[C@H](C)[C@@H]3[C@H]2O)cc1OC. The number of nitrogens with one attached hydrogen (secondary N) is 2. The van der Waals surface area contributed by atoms with Crippen molar-refractivity contribution in [2.45, 2.75) is 71.9 Å². The largest absolute Gasteiger partial charge is 0.493 e. The fourth-order valence-corrected chi connectivity index (χ4v) is 6.48. The van der Waals surface area contributed by atoms with Crippen molar-refractivity contribution in [1.82, 2.24) is 10.6 Å². The molecule has 7 atom stereocenters. The molecule has 1 aromatic carbocycles. The molecule has 0 aromatic heterocycles. The Labute approximate surface area is 204 Å². The summed E-state index contributed by atoms with van der Waals surface area (Å²) in [5.41, 5.74) is 1.10. The van der Waals surface area contributed by atoms with E-state index in [-0.39, 0.29) is 46.9 Å². The maximum atomic E-state index is 13.0. The van der Waals surface area contributed by atoms with E-state index in [1.807, 2.05) is 25.1 Å². The van der Waals surface area contributed by atoms with Crippen molar-refractivity contribution in [2.75, 3.05) is 20.8 Å². The highest BCUT2D eigenvalue weighted by molar-refractivity contribution is 5.78. The third-order valence-electron chi connectivity index (χ3n) is 8.49. The minimum Gasteiger partial charge on any atom is -0.493 e. The van der Waals surface area contributed by atoms with E-state index in [4.69, 9.17) is 9.47 Å². The van der Waals surface area contributed by atoms with E-state index in [1.54, 1.807) is 21.1 Å². The van der Waals surface area contributed by atoms with Gasteiger partial charge in [-0.15, -0.1) is 0 Å². The van der Waals surface area contributed by atoms with E-state index in [2.05, 4.69) is 24.5 Å². The van der Waals surface area contributed by atoms with Crippen LogP contribution in [0.15, 0.2) is 18.2 Å². The van der Waals surface area contributed by atoms with Gasteiger partial charge in [-0.2, -0.15) is 0 Å². The van der Waals surface area contributed by atoms with Gasteiger partial charge in [0.25, 0.3) is 0 Å². The number of fused-ring (bicyclic) bond motifs is 1. The fraction of sp³-hybridized carbons (Fsp3) is 0.704. The summed E-state index contributed by atoms with van der Waals surface area (Å²) < 4.78 is 10.6. The zero-order chi connectivity index (χ0) is 25.0. The van der Waals surface area contributed by atoms with Crippen molar-refractivity contribution >= 4 is 11.8 Å². The van der Waals surface area contributed by atoms with E-state index >= 15 is 0 Å². The van der Waals surface area contributed by atoms with Crippen molar-refractivity contribution in [3.63, 3.8) is 0 Å². The molecule has 7 heteroatoms. The molecule has 0 bridgehead atoms. The van der Waals surface area contributed by atoms with Crippen LogP contribution in [0.2, 0.25) is 0 Å². The van der Waals surface area contributed by atoms with Gasteiger partial charge in [0.1, 0.15) is 0 Å². The van der Waals surface area contributed by atoms with Crippen molar-refractivity contribution in [1.29, 1.82) is 0 Å². The molecule has 0 saturated heterocycles. The van der Waals surface area contributed by atoms with Gasteiger partial charge in [-0.3, -0.25) is 9.59 Å². The lowest BCUT2D eigenvalue weighted by molar-refractivity contribution is -0.143. The summed E-state index contributed by atoms with van der Waals surface area (Å²) in [4.78, 5) is 24.7. The lowest BCUT2D eigenvalue weighted by Gasteiger charge is -2.56. The Hall–Kier alpha value is -2.28. The van der Waals surface area contributed by atoms with Crippen LogP contribution in [-0.2, 0) is 16.0 Å². The summed E-state index contributed by atoms with van der Waals surface area (Å²) in [7, 11) is 3.21. The number of ether oxygens (including phenoxy) is 2. The summed E-state index contributed by atoms with van der Waals surface area (Å²) in [6.07, 6.45) is 3.90. The number of hydrogen-bond donors (Lipinski definition) is 3. The van der Waals surface area contributed by atoms with E-state index < -0.39 is 6.10 Å². The third kappa shape index (κ3) is 5.51. The molecular weight excluding hydrogens is 432 g/mol. The molecule has 1 aromatic rings. The second-order valence-corrected chi connectivity index (χ2v) is 10.6. The zero-order valence-electron chi connectivity index (χ0n) is 21.5. The number of carbonyl (C=O) groups is 2. The second kappa shape index (κ2) is 11.0. The Morgan fingerprint density at radius 2 is 1.85 bits per heavy atom. The smallest absolute Gasteiger partial charge is 0.223 e. The van der Waals surface area contributed by atoms with E-state index in [9.17, 15) is 14.7 Å². The van der Waals surface area contributed by atoms with Gasteiger partial charge in [-0.1, -0.05) is 26.8 Å². The summed E-state index contributed by atoms with van der Waals surface area (Å²) >= 11 is 0. The van der Waals surface area contributed by atoms with Crippen LogP contribution in [0.5, 0.6) is 11.5 Å². The lowest BCUT2D eigenvalue weighted by atomic mass is 9.51.